The highest BCUT2D eigenvalue weighted by atomic mass is 16.5. The summed E-state index contributed by atoms with van der Waals surface area (Å²) in [7, 11) is 0. The molecule has 0 radical (unpaired) electrons. The van der Waals surface area contributed by atoms with E-state index in [1.807, 2.05) is 17.9 Å². The molecule has 32 heavy (non-hydrogen) atoms. The van der Waals surface area contributed by atoms with Crippen LogP contribution in [-0.2, 0) is 14.3 Å². The molecule has 0 aromatic carbocycles. The molecule has 4 heterocycles. The van der Waals surface area contributed by atoms with Crippen LogP contribution in [0.25, 0.3) is 0 Å². The smallest absolute Gasteiger partial charge is 0.251 e. The van der Waals surface area contributed by atoms with E-state index in [-0.39, 0.29) is 18.1 Å². The van der Waals surface area contributed by atoms with E-state index >= 15 is 0 Å². The maximum absolute atomic E-state index is 12.7. The first-order chi connectivity index (χ1) is 15.7. The van der Waals surface area contributed by atoms with E-state index in [1.54, 1.807) is 0 Å². The van der Waals surface area contributed by atoms with Crippen LogP contribution < -0.4 is 5.32 Å². The first-order valence-electron chi connectivity index (χ1n) is 12.0. The number of carbonyl (C=O) groups is 1. The summed E-state index contributed by atoms with van der Waals surface area (Å²) in [5, 5.41) is 3.44. The standard InChI is InChI=1S/C23H37N5O4/c1-3-24-23(28-10-8-27(9-11-28)22(29)21-5-4-14-31-21)25-17-19(20-7-6-18(2)32-20)26-12-15-30-16-13-26/h6-7,19,21H,3-5,8-17H2,1-2H3,(H,24,25). The number of carbonyl (C=O) groups excluding carboxylic acids is 1. The minimum atomic E-state index is -0.241. The normalized spacial score (nSPS) is 24.1. The van der Waals surface area contributed by atoms with Crippen molar-refractivity contribution >= 4 is 11.9 Å². The van der Waals surface area contributed by atoms with Gasteiger partial charge in [0, 0.05) is 52.4 Å². The second kappa shape index (κ2) is 11.2. The second-order valence-electron chi connectivity index (χ2n) is 8.62. The Balaban J connectivity index is 1.40. The molecule has 0 spiro atoms. The molecule has 1 aromatic rings. The number of hydrogen-bond donors (Lipinski definition) is 1. The molecule has 3 aliphatic heterocycles. The van der Waals surface area contributed by atoms with Crippen molar-refractivity contribution in [3.05, 3.63) is 23.7 Å². The van der Waals surface area contributed by atoms with Gasteiger partial charge in [0.15, 0.2) is 5.96 Å². The number of ether oxygens (including phenoxy) is 2. The number of amides is 1. The predicted octanol–water partition coefficient (Wildman–Crippen LogP) is 1.25. The summed E-state index contributed by atoms with van der Waals surface area (Å²) >= 11 is 0. The number of rotatable bonds is 6. The lowest BCUT2D eigenvalue weighted by Crippen LogP contribution is -2.55. The lowest BCUT2D eigenvalue weighted by Gasteiger charge is -2.38. The topological polar surface area (TPSA) is 82.8 Å². The van der Waals surface area contributed by atoms with Gasteiger partial charge in [-0.3, -0.25) is 14.7 Å². The van der Waals surface area contributed by atoms with Crippen molar-refractivity contribution in [1.82, 2.24) is 20.0 Å². The SMILES string of the molecule is CCNC(=NCC(c1ccc(C)o1)N1CCOCC1)N1CCN(C(=O)C2CCCO2)CC1. The highest BCUT2D eigenvalue weighted by Crippen LogP contribution is 2.24. The number of nitrogens with zero attached hydrogens (tertiary/aromatic N) is 4. The molecule has 4 rings (SSSR count). The van der Waals surface area contributed by atoms with E-state index in [4.69, 9.17) is 18.9 Å². The van der Waals surface area contributed by atoms with Crippen molar-refractivity contribution in [1.29, 1.82) is 0 Å². The van der Waals surface area contributed by atoms with Gasteiger partial charge in [-0.2, -0.15) is 0 Å². The van der Waals surface area contributed by atoms with E-state index in [2.05, 4.69) is 28.1 Å². The van der Waals surface area contributed by atoms with Crippen LogP contribution in [0.2, 0.25) is 0 Å². The van der Waals surface area contributed by atoms with Gasteiger partial charge in [-0.1, -0.05) is 0 Å². The van der Waals surface area contributed by atoms with Crippen LogP contribution in [0.4, 0.5) is 0 Å². The molecule has 9 heteroatoms. The minimum absolute atomic E-state index is 0.0867. The third-order valence-corrected chi connectivity index (χ3v) is 6.42. The van der Waals surface area contributed by atoms with Gasteiger partial charge in [0.1, 0.15) is 17.6 Å². The number of nitrogens with one attached hydrogen (secondary N) is 1. The van der Waals surface area contributed by atoms with Crippen molar-refractivity contribution in [3.8, 4) is 0 Å². The maximum Gasteiger partial charge on any atom is 0.251 e. The summed E-state index contributed by atoms with van der Waals surface area (Å²) in [6, 6.07) is 4.17. The maximum atomic E-state index is 12.7. The van der Waals surface area contributed by atoms with Crippen LogP contribution in [0, 0.1) is 6.92 Å². The number of piperazine rings is 1. The Bertz CT molecular complexity index is 762. The number of guanidine groups is 1. The Hall–Kier alpha value is -2.10. The van der Waals surface area contributed by atoms with Crippen LogP contribution >= 0.6 is 0 Å². The first kappa shape index (κ1) is 23.1. The van der Waals surface area contributed by atoms with Crippen molar-refractivity contribution < 1.29 is 18.7 Å². The average Bonchev–Trinajstić information content (AvgIpc) is 3.51. The zero-order chi connectivity index (χ0) is 22.3. The van der Waals surface area contributed by atoms with Crippen molar-refractivity contribution in [3.63, 3.8) is 0 Å². The molecule has 3 aliphatic rings. The largest absolute Gasteiger partial charge is 0.465 e. The van der Waals surface area contributed by atoms with Gasteiger partial charge in [-0.25, -0.2) is 0 Å². The van der Waals surface area contributed by atoms with Crippen molar-refractivity contribution in [2.75, 3.05) is 72.2 Å². The van der Waals surface area contributed by atoms with E-state index in [1.165, 1.54) is 0 Å². The van der Waals surface area contributed by atoms with Crippen molar-refractivity contribution in [2.45, 2.75) is 38.8 Å². The molecular weight excluding hydrogens is 410 g/mol. The fourth-order valence-corrected chi connectivity index (χ4v) is 4.62. The third kappa shape index (κ3) is 5.63. The number of furan rings is 1. The van der Waals surface area contributed by atoms with Gasteiger partial charge < -0.3 is 29.0 Å². The first-order valence-corrected chi connectivity index (χ1v) is 12.0. The quantitative estimate of drug-likeness (QED) is 0.519. The Morgan fingerprint density at radius 3 is 2.50 bits per heavy atom. The van der Waals surface area contributed by atoms with Crippen LogP contribution in [0.1, 0.15) is 37.3 Å². The third-order valence-electron chi connectivity index (χ3n) is 6.42. The molecule has 9 nitrogen and oxygen atoms in total. The fraction of sp³-hybridized carbons (Fsp3) is 0.739. The lowest BCUT2D eigenvalue weighted by atomic mass is 10.1. The molecule has 1 amide bonds. The molecule has 2 atom stereocenters. The van der Waals surface area contributed by atoms with E-state index in [9.17, 15) is 4.79 Å². The van der Waals surface area contributed by atoms with E-state index in [0.717, 1.165) is 76.3 Å². The summed E-state index contributed by atoms with van der Waals surface area (Å²) in [4.78, 5) is 24.3. The minimum Gasteiger partial charge on any atom is -0.465 e. The van der Waals surface area contributed by atoms with Crippen LogP contribution in [-0.4, -0.2) is 105 Å². The molecule has 3 saturated heterocycles. The number of morpholine rings is 1. The molecule has 3 fully saturated rings. The van der Waals surface area contributed by atoms with E-state index in [0.29, 0.717) is 26.2 Å². The predicted molar refractivity (Wildman–Crippen MR) is 122 cm³/mol. The number of hydrogen-bond acceptors (Lipinski definition) is 6. The number of aryl methyl sites for hydroxylation is 1. The van der Waals surface area contributed by atoms with Gasteiger partial charge in [0.2, 0.25) is 0 Å². The summed E-state index contributed by atoms with van der Waals surface area (Å²) < 4.78 is 17.1. The molecule has 0 bridgehead atoms. The monoisotopic (exact) mass is 447 g/mol. The van der Waals surface area contributed by atoms with Gasteiger partial charge in [0.05, 0.1) is 25.8 Å². The van der Waals surface area contributed by atoms with Crippen LogP contribution in [0.5, 0.6) is 0 Å². The summed E-state index contributed by atoms with van der Waals surface area (Å²) in [6.45, 7) is 12.3. The van der Waals surface area contributed by atoms with E-state index < -0.39 is 0 Å². The summed E-state index contributed by atoms with van der Waals surface area (Å²) in [5.74, 6) is 2.92. The highest BCUT2D eigenvalue weighted by Gasteiger charge is 2.31. The fourth-order valence-electron chi connectivity index (χ4n) is 4.62. The molecular formula is C23H37N5O4. The Kier molecular flexibility index (Phi) is 8.05. The zero-order valence-corrected chi connectivity index (χ0v) is 19.4. The number of aliphatic imine (C=N–C) groups is 1. The molecule has 2 unspecified atom stereocenters. The second-order valence-corrected chi connectivity index (χ2v) is 8.62. The van der Waals surface area contributed by atoms with Crippen LogP contribution in [0.15, 0.2) is 21.5 Å². The summed E-state index contributed by atoms with van der Waals surface area (Å²) in [5.41, 5.74) is 0. The Morgan fingerprint density at radius 1 is 1.12 bits per heavy atom. The average molecular weight is 448 g/mol. The van der Waals surface area contributed by atoms with Gasteiger partial charge in [-0.15, -0.1) is 0 Å². The van der Waals surface area contributed by atoms with Gasteiger partial charge in [0.25, 0.3) is 5.91 Å². The Morgan fingerprint density at radius 2 is 1.88 bits per heavy atom. The van der Waals surface area contributed by atoms with Crippen molar-refractivity contribution in [2.24, 2.45) is 4.99 Å². The van der Waals surface area contributed by atoms with Gasteiger partial charge >= 0.3 is 0 Å². The zero-order valence-electron chi connectivity index (χ0n) is 19.4. The Labute approximate surface area is 190 Å². The lowest BCUT2D eigenvalue weighted by molar-refractivity contribution is -0.142. The molecule has 178 valence electrons. The highest BCUT2D eigenvalue weighted by molar-refractivity contribution is 5.82. The van der Waals surface area contributed by atoms with Crippen LogP contribution in [0.3, 0.4) is 0 Å². The van der Waals surface area contributed by atoms with Gasteiger partial charge in [-0.05, 0) is 38.8 Å². The molecule has 0 saturated carbocycles. The molecule has 0 aliphatic carbocycles. The molecule has 1 aromatic heterocycles. The molecule has 1 N–H and O–H groups in total. The summed E-state index contributed by atoms with van der Waals surface area (Å²) in [6.07, 6.45) is 1.58.